The van der Waals surface area contributed by atoms with E-state index in [9.17, 15) is 19.2 Å². The van der Waals surface area contributed by atoms with Gasteiger partial charge in [0.05, 0.1) is 12.1 Å². The SMILES string of the molecule is CC1(C)CC(=O)N(C[C@@H](NC(=O)N[C@H](C=O)C(C)(C)C)C(C)(C)C)C(=O)C1. The van der Waals surface area contributed by atoms with E-state index >= 15 is 0 Å². The highest BCUT2D eigenvalue weighted by molar-refractivity contribution is 5.98. The number of hydrogen-bond acceptors (Lipinski definition) is 4. The monoisotopic (exact) mass is 381 g/mol. The number of urea groups is 1. The van der Waals surface area contributed by atoms with Crippen LogP contribution in [0.15, 0.2) is 0 Å². The Bertz CT molecular complexity index is 579. The highest BCUT2D eigenvalue weighted by Gasteiger charge is 2.40. The van der Waals surface area contributed by atoms with E-state index in [0.717, 1.165) is 0 Å². The van der Waals surface area contributed by atoms with Gasteiger partial charge in [0.1, 0.15) is 6.29 Å². The Labute approximate surface area is 162 Å². The van der Waals surface area contributed by atoms with E-state index in [2.05, 4.69) is 10.6 Å². The van der Waals surface area contributed by atoms with Gasteiger partial charge in [-0.1, -0.05) is 55.4 Å². The molecule has 27 heavy (non-hydrogen) atoms. The minimum atomic E-state index is -0.642. The molecular weight excluding hydrogens is 346 g/mol. The molecule has 0 aromatic carbocycles. The molecule has 2 N–H and O–H groups in total. The molecule has 0 aliphatic carbocycles. The molecule has 1 aliphatic rings. The zero-order valence-electron chi connectivity index (χ0n) is 17.9. The second-order valence-corrected chi connectivity index (χ2v) is 10.4. The molecular formula is C20H35N3O4. The zero-order valence-corrected chi connectivity index (χ0v) is 17.9. The van der Waals surface area contributed by atoms with Crippen LogP contribution in [0.5, 0.6) is 0 Å². The van der Waals surface area contributed by atoms with Crippen molar-refractivity contribution in [1.82, 2.24) is 15.5 Å². The van der Waals surface area contributed by atoms with Crippen LogP contribution in [0.4, 0.5) is 4.79 Å². The molecule has 7 nitrogen and oxygen atoms in total. The van der Waals surface area contributed by atoms with Crippen molar-refractivity contribution < 1.29 is 19.2 Å². The number of rotatable bonds is 5. The van der Waals surface area contributed by atoms with E-state index in [1.807, 2.05) is 55.4 Å². The number of likely N-dealkylation sites (tertiary alicyclic amines) is 1. The van der Waals surface area contributed by atoms with Crippen LogP contribution < -0.4 is 10.6 Å². The summed E-state index contributed by atoms with van der Waals surface area (Å²) in [5, 5.41) is 5.52. The number of hydrogen-bond donors (Lipinski definition) is 2. The number of carbonyl (C=O) groups excluding carboxylic acids is 4. The van der Waals surface area contributed by atoms with Gasteiger partial charge in [-0.25, -0.2) is 4.79 Å². The first-order chi connectivity index (χ1) is 12.1. The number of nitrogens with one attached hydrogen (secondary N) is 2. The molecule has 7 heteroatoms. The van der Waals surface area contributed by atoms with Gasteiger partial charge < -0.3 is 15.4 Å². The van der Waals surface area contributed by atoms with E-state index in [1.165, 1.54) is 4.90 Å². The van der Waals surface area contributed by atoms with Crippen molar-refractivity contribution in [2.45, 2.75) is 80.3 Å². The van der Waals surface area contributed by atoms with Crippen LogP contribution in [0, 0.1) is 16.2 Å². The Balaban J connectivity index is 2.89. The number of amides is 4. The normalized spacial score (nSPS) is 20.1. The first-order valence-electron chi connectivity index (χ1n) is 9.42. The van der Waals surface area contributed by atoms with E-state index in [0.29, 0.717) is 19.1 Å². The van der Waals surface area contributed by atoms with Gasteiger partial charge in [0.2, 0.25) is 11.8 Å². The summed E-state index contributed by atoms with van der Waals surface area (Å²) in [5.41, 5.74) is -1.14. The van der Waals surface area contributed by atoms with E-state index in [4.69, 9.17) is 0 Å². The first-order valence-corrected chi connectivity index (χ1v) is 9.42. The van der Waals surface area contributed by atoms with Crippen molar-refractivity contribution in [2.75, 3.05) is 6.54 Å². The lowest BCUT2D eigenvalue weighted by molar-refractivity contribution is -0.153. The van der Waals surface area contributed by atoms with Crippen molar-refractivity contribution in [2.24, 2.45) is 16.2 Å². The summed E-state index contributed by atoms with van der Waals surface area (Å²) in [6, 6.07) is -1.57. The number of piperidine rings is 1. The molecule has 1 saturated heterocycles. The van der Waals surface area contributed by atoms with Crippen molar-refractivity contribution in [1.29, 1.82) is 0 Å². The predicted octanol–water partition coefficient (Wildman–Crippen LogP) is 2.49. The summed E-state index contributed by atoms with van der Waals surface area (Å²) in [6.07, 6.45) is 1.32. The molecule has 0 bridgehead atoms. The summed E-state index contributed by atoms with van der Waals surface area (Å²) < 4.78 is 0. The highest BCUT2D eigenvalue weighted by atomic mass is 16.2. The van der Waals surface area contributed by atoms with Crippen LogP contribution in [0.2, 0.25) is 0 Å². The second kappa shape index (κ2) is 7.98. The van der Waals surface area contributed by atoms with E-state index in [1.54, 1.807) is 0 Å². The van der Waals surface area contributed by atoms with Crippen molar-refractivity contribution in [3.05, 3.63) is 0 Å². The maximum Gasteiger partial charge on any atom is 0.315 e. The summed E-state index contributed by atoms with van der Waals surface area (Å²) in [6.45, 7) is 15.3. The average molecular weight is 382 g/mol. The minimum Gasteiger partial charge on any atom is -0.333 e. The third-order valence-electron chi connectivity index (χ3n) is 4.93. The molecule has 0 aromatic rings. The summed E-state index contributed by atoms with van der Waals surface area (Å²) in [7, 11) is 0. The lowest BCUT2D eigenvalue weighted by atomic mass is 9.80. The van der Waals surface area contributed by atoms with Crippen LogP contribution in [0.1, 0.15) is 68.2 Å². The zero-order chi connectivity index (χ0) is 21.2. The first kappa shape index (κ1) is 23.1. The molecule has 1 fully saturated rings. The third kappa shape index (κ3) is 6.63. The van der Waals surface area contributed by atoms with Crippen LogP contribution >= 0.6 is 0 Å². The van der Waals surface area contributed by atoms with Gasteiger partial charge in [-0.05, 0) is 16.2 Å². The Morgan fingerprint density at radius 3 is 1.89 bits per heavy atom. The molecule has 1 heterocycles. The lowest BCUT2D eigenvalue weighted by Gasteiger charge is -2.40. The van der Waals surface area contributed by atoms with Crippen molar-refractivity contribution in [3.63, 3.8) is 0 Å². The predicted molar refractivity (Wildman–Crippen MR) is 104 cm³/mol. The van der Waals surface area contributed by atoms with E-state index < -0.39 is 23.5 Å². The van der Waals surface area contributed by atoms with Gasteiger partial charge in [0.25, 0.3) is 0 Å². The molecule has 0 saturated carbocycles. The number of aldehydes is 1. The summed E-state index contributed by atoms with van der Waals surface area (Å²) in [4.78, 5) is 49.9. The third-order valence-corrected chi connectivity index (χ3v) is 4.93. The van der Waals surface area contributed by atoms with E-state index in [-0.39, 0.29) is 29.2 Å². The molecule has 4 amide bonds. The van der Waals surface area contributed by atoms with Crippen LogP contribution in [-0.2, 0) is 14.4 Å². The fourth-order valence-corrected chi connectivity index (χ4v) is 2.93. The number of carbonyl (C=O) groups is 4. The second-order valence-electron chi connectivity index (χ2n) is 10.4. The summed E-state index contributed by atoms with van der Waals surface area (Å²) >= 11 is 0. The topological polar surface area (TPSA) is 95.6 Å². The van der Waals surface area contributed by atoms with Gasteiger partial charge in [0, 0.05) is 19.4 Å². The van der Waals surface area contributed by atoms with Gasteiger partial charge >= 0.3 is 6.03 Å². The Hall–Kier alpha value is -1.92. The molecule has 0 spiro atoms. The lowest BCUT2D eigenvalue weighted by Crippen LogP contribution is -2.59. The molecule has 154 valence electrons. The molecule has 2 atom stereocenters. The fraction of sp³-hybridized carbons (Fsp3) is 0.800. The smallest absolute Gasteiger partial charge is 0.315 e. The number of nitrogens with zero attached hydrogens (tertiary/aromatic N) is 1. The maximum atomic E-state index is 12.5. The van der Waals surface area contributed by atoms with Crippen molar-refractivity contribution in [3.8, 4) is 0 Å². The van der Waals surface area contributed by atoms with Crippen LogP contribution in [0.25, 0.3) is 0 Å². The maximum absolute atomic E-state index is 12.5. The Morgan fingerprint density at radius 1 is 1.04 bits per heavy atom. The van der Waals surface area contributed by atoms with Gasteiger partial charge in [-0.3, -0.25) is 14.5 Å². The molecule has 0 radical (unpaired) electrons. The molecule has 0 unspecified atom stereocenters. The van der Waals surface area contributed by atoms with Crippen molar-refractivity contribution >= 4 is 24.1 Å². The molecule has 0 aromatic heterocycles. The Kier molecular flexibility index (Phi) is 6.84. The molecule has 1 aliphatic heterocycles. The number of imide groups is 1. The highest BCUT2D eigenvalue weighted by Crippen LogP contribution is 2.32. The summed E-state index contributed by atoms with van der Waals surface area (Å²) in [5.74, 6) is -0.429. The average Bonchev–Trinajstić information content (AvgIpc) is 2.43. The standard InChI is InChI=1S/C20H35N3O4/c1-18(2,3)13(21-17(27)22-14(12-24)19(4,5)6)11-23-15(25)9-20(7,8)10-16(23)26/h12-14H,9-11H2,1-8H3,(H2,21,22,27)/t13-,14-/m1/s1. The van der Waals surface area contributed by atoms with Gasteiger partial charge in [-0.2, -0.15) is 0 Å². The minimum absolute atomic E-state index is 0.117. The Morgan fingerprint density at radius 2 is 1.52 bits per heavy atom. The fourth-order valence-electron chi connectivity index (χ4n) is 2.93. The largest absolute Gasteiger partial charge is 0.333 e. The quantitative estimate of drug-likeness (QED) is 0.565. The van der Waals surface area contributed by atoms with Gasteiger partial charge in [0.15, 0.2) is 0 Å². The van der Waals surface area contributed by atoms with Crippen LogP contribution in [0.3, 0.4) is 0 Å². The van der Waals surface area contributed by atoms with Crippen LogP contribution in [-0.4, -0.2) is 47.7 Å². The molecule has 1 rings (SSSR count). The van der Waals surface area contributed by atoms with Gasteiger partial charge in [-0.15, -0.1) is 0 Å².